The fourth-order valence-electron chi connectivity index (χ4n) is 10.6. The molecule has 87 heavy (non-hydrogen) atoms. The summed E-state index contributed by atoms with van der Waals surface area (Å²) in [6, 6.07) is -10.9. The molecule has 12 amide bonds. The Morgan fingerprint density at radius 3 is 1.32 bits per heavy atom. The van der Waals surface area contributed by atoms with Gasteiger partial charge in [0.2, 0.25) is 70.9 Å². The van der Waals surface area contributed by atoms with Crippen LogP contribution in [0.1, 0.15) is 168 Å². The van der Waals surface area contributed by atoms with Crippen LogP contribution in [0.2, 0.25) is 0 Å². The van der Waals surface area contributed by atoms with Gasteiger partial charge in [0.1, 0.15) is 54.4 Å². The number of unbranched alkanes of at least 4 members (excludes halogenated alkanes) is 1. The van der Waals surface area contributed by atoms with Crippen LogP contribution in [0.3, 0.4) is 0 Å². The van der Waals surface area contributed by atoms with Crippen molar-refractivity contribution in [2.24, 2.45) is 47.0 Å². The molecule has 0 aromatic rings. The Morgan fingerprint density at radius 2 is 0.874 bits per heavy atom. The van der Waals surface area contributed by atoms with Crippen molar-refractivity contribution in [1.29, 1.82) is 0 Å². The Kier molecular flexibility index (Phi) is 33.8. The first-order valence-electron chi connectivity index (χ1n) is 31.4. The lowest BCUT2D eigenvalue weighted by molar-refractivity contribution is -0.152. The van der Waals surface area contributed by atoms with Crippen molar-refractivity contribution in [2.75, 3.05) is 68.5 Å². The number of amides is 12. The Labute approximate surface area is 519 Å². The highest BCUT2D eigenvalue weighted by molar-refractivity contribution is 5.99. The van der Waals surface area contributed by atoms with Gasteiger partial charge in [-0.25, -0.2) is 0 Å². The summed E-state index contributed by atoms with van der Waals surface area (Å²) < 4.78 is 0. The van der Waals surface area contributed by atoms with E-state index in [1.807, 2.05) is 76.2 Å². The average Bonchev–Trinajstić information content (AvgIpc) is 2.46. The van der Waals surface area contributed by atoms with E-state index in [1.165, 1.54) is 83.5 Å². The van der Waals surface area contributed by atoms with Crippen molar-refractivity contribution in [3.05, 3.63) is 0 Å². The third-order valence-corrected chi connectivity index (χ3v) is 15.9. The molecule has 1 fully saturated rings. The molecule has 0 aliphatic carbocycles. The molecule has 1 rings (SSSR count). The predicted octanol–water partition coefficient (Wildman–Crippen LogP) is 2.07. The molecule has 9 atom stereocenters. The zero-order chi connectivity index (χ0) is 67.1. The fraction of sp³-hybridized carbons (Fsp3) is 0.806. The molecule has 1 aliphatic heterocycles. The third kappa shape index (κ3) is 25.0. The number of nitrogens with two attached hydrogens (primary N) is 2. The van der Waals surface area contributed by atoms with Crippen LogP contribution < -0.4 is 32.7 Å². The standard InChI is InChI=1S/C62H113N13O12/c1-21-24-44-59(84)69(15)34-51(77)70(16)45(29-36(2)3)57(82)68-53(41(12)13)62(87)73(19)47(31-38(6)7)55(80)66-43(25-26-50(64)76)54(79)65-42(14)58(83)74(20)49(33-40(10)11)61(86)75(28-23-22-27-63)35-52(78)71(17)48(32-39(8)9)60(85)72(18)46(30-37(4)5)56(81)67-44/h36-49,53H,21-35,63H2,1-20H3,(H2,64,76)(H,65,79)(H,66,80)(H,67,81)(H,68,82)/t42-,43-,44+,45+,46+,47+,48+,49+,53+/m1/s1. The number of hydrogen-bond donors (Lipinski definition) is 6. The average molecular weight is 1230 g/mol. The van der Waals surface area contributed by atoms with Gasteiger partial charge in [-0.3, -0.25) is 57.5 Å². The maximum atomic E-state index is 15.0. The van der Waals surface area contributed by atoms with Crippen LogP contribution in [0.15, 0.2) is 0 Å². The molecular weight excluding hydrogens is 1120 g/mol. The van der Waals surface area contributed by atoms with Crippen LogP contribution >= 0.6 is 0 Å². The molecule has 0 aromatic carbocycles. The van der Waals surface area contributed by atoms with E-state index >= 15 is 4.79 Å². The molecule has 1 saturated heterocycles. The first kappa shape index (κ1) is 78.6. The highest BCUT2D eigenvalue weighted by Crippen LogP contribution is 2.23. The minimum absolute atomic E-state index is 0.0563. The van der Waals surface area contributed by atoms with Crippen LogP contribution in [-0.2, 0) is 57.5 Å². The van der Waals surface area contributed by atoms with Gasteiger partial charge in [-0.15, -0.1) is 0 Å². The lowest BCUT2D eigenvalue weighted by Gasteiger charge is -2.38. The quantitative estimate of drug-likeness (QED) is 0.0953. The second kappa shape index (κ2) is 37.4. The number of likely N-dealkylation sites (N-methyl/N-ethyl adjacent to an activating group) is 6. The Balaban J connectivity index is 4.34. The molecule has 498 valence electrons. The third-order valence-electron chi connectivity index (χ3n) is 15.9. The summed E-state index contributed by atoms with van der Waals surface area (Å²) in [7, 11) is 8.59. The Bertz CT molecular complexity index is 2330. The van der Waals surface area contributed by atoms with Gasteiger partial charge in [0.15, 0.2) is 0 Å². The van der Waals surface area contributed by atoms with E-state index in [-0.39, 0.29) is 94.0 Å². The molecule has 0 unspecified atom stereocenters. The zero-order valence-corrected chi connectivity index (χ0v) is 56.5. The molecular formula is C62H113N13O12. The summed E-state index contributed by atoms with van der Waals surface area (Å²) in [5.74, 6) is -9.39. The van der Waals surface area contributed by atoms with Crippen LogP contribution in [0, 0.1) is 35.5 Å². The van der Waals surface area contributed by atoms with Gasteiger partial charge < -0.3 is 67.0 Å². The largest absolute Gasteiger partial charge is 0.370 e. The smallest absolute Gasteiger partial charge is 0.245 e. The molecule has 25 heteroatoms. The molecule has 25 nitrogen and oxygen atoms in total. The van der Waals surface area contributed by atoms with Gasteiger partial charge in [0, 0.05) is 55.3 Å². The number of hydrogen-bond acceptors (Lipinski definition) is 13. The van der Waals surface area contributed by atoms with Gasteiger partial charge in [-0.05, 0) is 107 Å². The number of primary amides is 1. The lowest BCUT2D eigenvalue weighted by atomic mass is 9.96. The SMILES string of the molecule is CCC[C@@H]1NC(=O)[C@H](CC(C)C)N(C)C(=O)[C@H](CC(C)C)N(C)C(=O)CN(CCCCN)C(=O)[C@H](CC(C)C)N(C)C(=O)[C@@H](C)NC(=O)[C@@H](CCC(N)=O)NC(=O)[C@H](CC(C)C)N(C)C(=O)[C@H](C(C)C)NC(=O)[C@H](CC(C)C)N(C)C(=O)CN(C)C1=O. The van der Waals surface area contributed by atoms with Crippen molar-refractivity contribution < 1.29 is 57.5 Å². The van der Waals surface area contributed by atoms with E-state index in [4.69, 9.17) is 11.5 Å². The second-order valence-electron chi connectivity index (χ2n) is 26.4. The normalized spacial score (nSPS) is 24.8. The number of nitrogens with one attached hydrogen (secondary N) is 4. The van der Waals surface area contributed by atoms with E-state index in [0.29, 0.717) is 19.3 Å². The molecule has 0 bridgehead atoms. The van der Waals surface area contributed by atoms with E-state index in [2.05, 4.69) is 21.3 Å². The molecule has 8 N–H and O–H groups in total. The van der Waals surface area contributed by atoms with Crippen molar-refractivity contribution in [1.82, 2.24) is 55.6 Å². The number of nitrogens with zero attached hydrogens (tertiary/aromatic N) is 7. The van der Waals surface area contributed by atoms with Crippen LogP contribution in [0.5, 0.6) is 0 Å². The molecule has 1 aliphatic rings. The maximum Gasteiger partial charge on any atom is 0.245 e. The minimum Gasteiger partial charge on any atom is -0.370 e. The summed E-state index contributed by atoms with van der Waals surface area (Å²) in [6.07, 6.45) is 1.55. The Morgan fingerprint density at radius 1 is 0.471 bits per heavy atom. The van der Waals surface area contributed by atoms with Crippen LogP contribution in [-0.4, -0.2) is 228 Å². The van der Waals surface area contributed by atoms with Crippen molar-refractivity contribution in [2.45, 2.75) is 222 Å². The highest BCUT2D eigenvalue weighted by atomic mass is 16.2. The van der Waals surface area contributed by atoms with Gasteiger partial charge in [-0.2, -0.15) is 0 Å². The monoisotopic (exact) mass is 1230 g/mol. The number of carbonyl (C=O) groups excluding carboxylic acids is 12. The van der Waals surface area contributed by atoms with E-state index < -0.39 is 144 Å². The summed E-state index contributed by atoms with van der Waals surface area (Å²) >= 11 is 0. The fourth-order valence-corrected chi connectivity index (χ4v) is 10.6. The van der Waals surface area contributed by atoms with Gasteiger partial charge >= 0.3 is 0 Å². The topological polar surface area (TPSA) is 328 Å². The van der Waals surface area contributed by atoms with Crippen LogP contribution in [0.25, 0.3) is 0 Å². The van der Waals surface area contributed by atoms with Gasteiger partial charge in [0.05, 0.1) is 13.1 Å². The first-order valence-corrected chi connectivity index (χ1v) is 31.4. The molecule has 0 saturated carbocycles. The molecule has 1 heterocycles. The lowest BCUT2D eigenvalue weighted by Crippen LogP contribution is -2.61. The number of carbonyl (C=O) groups is 12. The maximum absolute atomic E-state index is 15.0. The van der Waals surface area contributed by atoms with Crippen molar-refractivity contribution >= 4 is 70.9 Å². The molecule has 0 radical (unpaired) electrons. The molecule has 0 aromatic heterocycles. The summed E-state index contributed by atoms with van der Waals surface area (Å²) in [4.78, 5) is 182. The minimum atomic E-state index is -1.46. The van der Waals surface area contributed by atoms with Gasteiger partial charge in [0.25, 0.3) is 0 Å². The van der Waals surface area contributed by atoms with Crippen LogP contribution in [0.4, 0.5) is 0 Å². The summed E-state index contributed by atoms with van der Waals surface area (Å²) in [5, 5.41) is 11.1. The number of rotatable bonds is 20. The van der Waals surface area contributed by atoms with E-state index in [0.717, 1.165) is 0 Å². The molecule has 0 spiro atoms. The first-order chi connectivity index (χ1) is 40.3. The summed E-state index contributed by atoms with van der Waals surface area (Å²) in [5.41, 5.74) is 11.4. The Hall–Kier alpha value is -6.40. The van der Waals surface area contributed by atoms with Crippen molar-refractivity contribution in [3.63, 3.8) is 0 Å². The highest BCUT2D eigenvalue weighted by Gasteiger charge is 2.42. The van der Waals surface area contributed by atoms with E-state index in [1.54, 1.807) is 13.8 Å². The second-order valence-corrected chi connectivity index (χ2v) is 26.4. The summed E-state index contributed by atoms with van der Waals surface area (Å²) in [6.45, 7) is 24.6. The van der Waals surface area contributed by atoms with Gasteiger partial charge in [-0.1, -0.05) is 96.4 Å². The van der Waals surface area contributed by atoms with E-state index in [9.17, 15) is 52.7 Å². The zero-order valence-electron chi connectivity index (χ0n) is 56.5. The van der Waals surface area contributed by atoms with Crippen molar-refractivity contribution in [3.8, 4) is 0 Å². The predicted molar refractivity (Wildman–Crippen MR) is 334 cm³/mol.